The lowest BCUT2D eigenvalue weighted by Gasteiger charge is -2.09. The van der Waals surface area contributed by atoms with Crippen molar-refractivity contribution in [3.8, 4) is 5.75 Å². The normalized spacial score (nSPS) is 9.95. The summed E-state index contributed by atoms with van der Waals surface area (Å²) in [7, 11) is 1.54. The average molecular weight is 286 g/mol. The number of ether oxygens (including phenoxy) is 1. The van der Waals surface area contributed by atoms with Crippen LogP contribution in [0.1, 0.15) is 15.9 Å². The monoisotopic (exact) mass is 286 g/mol. The molecule has 2 rings (SSSR count). The molecule has 0 aliphatic heterocycles. The minimum atomic E-state index is -1.09. The Morgan fingerprint density at radius 1 is 1.29 bits per heavy atom. The second-order valence-electron chi connectivity index (χ2n) is 4.30. The molecule has 2 aromatic rings. The van der Waals surface area contributed by atoms with Gasteiger partial charge >= 0.3 is 5.97 Å². The molecule has 1 aromatic carbocycles. The lowest BCUT2D eigenvalue weighted by Crippen LogP contribution is -2.15. The van der Waals surface area contributed by atoms with Gasteiger partial charge in [0.1, 0.15) is 5.75 Å². The Bertz CT molecular complexity index is 670. The van der Waals surface area contributed by atoms with Gasteiger partial charge in [-0.3, -0.25) is 9.78 Å². The van der Waals surface area contributed by atoms with Crippen molar-refractivity contribution in [2.75, 3.05) is 12.4 Å². The molecule has 0 saturated heterocycles. The Morgan fingerprint density at radius 2 is 2.05 bits per heavy atom. The second kappa shape index (κ2) is 6.51. The molecule has 0 radical (unpaired) electrons. The van der Waals surface area contributed by atoms with Crippen molar-refractivity contribution in [2.24, 2.45) is 0 Å². The number of aromatic carboxylic acids is 1. The zero-order valence-corrected chi connectivity index (χ0v) is 11.4. The van der Waals surface area contributed by atoms with Crippen LogP contribution in [0.3, 0.4) is 0 Å². The van der Waals surface area contributed by atoms with Crippen molar-refractivity contribution in [2.45, 2.75) is 6.42 Å². The zero-order valence-electron chi connectivity index (χ0n) is 11.4. The molecule has 0 atom stereocenters. The number of rotatable bonds is 5. The molecule has 0 aliphatic rings. The molecule has 0 aliphatic carbocycles. The Morgan fingerprint density at radius 3 is 2.76 bits per heavy atom. The lowest BCUT2D eigenvalue weighted by molar-refractivity contribution is -0.115. The van der Waals surface area contributed by atoms with E-state index in [1.165, 1.54) is 25.6 Å². The van der Waals surface area contributed by atoms with Crippen molar-refractivity contribution in [1.29, 1.82) is 0 Å². The SMILES string of the molecule is COc1ccccc1CC(=O)Nc1cncc(C(=O)O)c1. The number of pyridine rings is 1. The van der Waals surface area contributed by atoms with Crippen LogP contribution in [-0.4, -0.2) is 29.1 Å². The Kier molecular flexibility index (Phi) is 4.50. The van der Waals surface area contributed by atoms with Crippen LogP contribution in [0.2, 0.25) is 0 Å². The molecule has 6 nitrogen and oxygen atoms in total. The van der Waals surface area contributed by atoms with Crippen molar-refractivity contribution >= 4 is 17.6 Å². The number of hydrogen-bond donors (Lipinski definition) is 2. The fourth-order valence-electron chi connectivity index (χ4n) is 1.85. The van der Waals surface area contributed by atoms with Crippen molar-refractivity contribution < 1.29 is 19.4 Å². The van der Waals surface area contributed by atoms with E-state index >= 15 is 0 Å². The van der Waals surface area contributed by atoms with Crippen LogP contribution < -0.4 is 10.1 Å². The maximum absolute atomic E-state index is 12.0. The van der Waals surface area contributed by atoms with E-state index in [1.807, 2.05) is 12.1 Å². The first-order chi connectivity index (χ1) is 10.1. The zero-order chi connectivity index (χ0) is 15.2. The van der Waals surface area contributed by atoms with Crippen LogP contribution in [0.5, 0.6) is 5.75 Å². The summed E-state index contributed by atoms with van der Waals surface area (Å²) in [5, 5.41) is 11.5. The van der Waals surface area contributed by atoms with Crippen LogP contribution in [0.15, 0.2) is 42.7 Å². The minimum Gasteiger partial charge on any atom is -0.496 e. The fraction of sp³-hybridized carbons (Fsp3) is 0.133. The molecule has 2 N–H and O–H groups in total. The molecule has 1 heterocycles. The largest absolute Gasteiger partial charge is 0.496 e. The van der Waals surface area contributed by atoms with Gasteiger partial charge in [0.2, 0.25) is 5.91 Å². The number of carboxylic acid groups (broad SMARTS) is 1. The molecule has 0 unspecified atom stereocenters. The summed E-state index contributed by atoms with van der Waals surface area (Å²) in [6.07, 6.45) is 2.74. The highest BCUT2D eigenvalue weighted by atomic mass is 16.5. The van der Waals surface area contributed by atoms with Gasteiger partial charge in [-0.1, -0.05) is 18.2 Å². The number of methoxy groups -OCH3 is 1. The molecule has 0 fully saturated rings. The summed E-state index contributed by atoms with van der Waals surface area (Å²) in [4.78, 5) is 26.6. The fourth-order valence-corrected chi connectivity index (χ4v) is 1.85. The molecule has 0 saturated carbocycles. The van der Waals surface area contributed by atoms with E-state index < -0.39 is 5.97 Å². The quantitative estimate of drug-likeness (QED) is 0.877. The van der Waals surface area contributed by atoms with Crippen molar-refractivity contribution in [3.05, 3.63) is 53.9 Å². The summed E-state index contributed by atoms with van der Waals surface area (Å²) in [5.41, 5.74) is 1.11. The van der Waals surface area contributed by atoms with E-state index in [-0.39, 0.29) is 17.9 Å². The predicted molar refractivity (Wildman–Crippen MR) is 76.5 cm³/mol. The summed E-state index contributed by atoms with van der Waals surface area (Å²) >= 11 is 0. The van der Waals surface area contributed by atoms with Gasteiger partial charge in [-0.2, -0.15) is 0 Å². The van der Waals surface area contributed by atoms with Gasteiger partial charge in [-0.25, -0.2) is 4.79 Å². The smallest absolute Gasteiger partial charge is 0.337 e. The Hall–Kier alpha value is -2.89. The highest BCUT2D eigenvalue weighted by Gasteiger charge is 2.10. The number of hydrogen-bond acceptors (Lipinski definition) is 4. The van der Waals surface area contributed by atoms with E-state index in [9.17, 15) is 9.59 Å². The number of carboxylic acids is 1. The number of benzene rings is 1. The summed E-state index contributed by atoms with van der Waals surface area (Å²) in [6.45, 7) is 0. The summed E-state index contributed by atoms with van der Waals surface area (Å²) in [5.74, 6) is -0.739. The maximum atomic E-state index is 12.0. The minimum absolute atomic E-state index is 0.0186. The van der Waals surface area contributed by atoms with Crippen LogP contribution in [0, 0.1) is 0 Å². The topological polar surface area (TPSA) is 88.5 Å². The molecule has 6 heteroatoms. The molecule has 0 spiro atoms. The van der Waals surface area contributed by atoms with Crippen LogP contribution in [-0.2, 0) is 11.2 Å². The first kappa shape index (κ1) is 14.5. The van der Waals surface area contributed by atoms with Crippen LogP contribution >= 0.6 is 0 Å². The van der Waals surface area contributed by atoms with Crippen LogP contribution in [0.25, 0.3) is 0 Å². The van der Waals surface area contributed by atoms with Crippen molar-refractivity contribution in [3.63, 3.8) is 0 Å². The number of aromatic nitrogens is 1. The van der Waals surface area contributed by atoms with E-state index in [0.717, 1.165) is 5.56 Å². The van der Waals surface area contributed by atoms with Crippen molar-refractivity contribution in [1.82, 2.24) is 4.98 Å². The number of amides is 1. The third-order valence-corrected chi connectivity index (χ3v) is 2.81. The number of para-hydroxylation sites is 1. The molecular weight excluding hydrogens is 272 g/mol. The van der Waals surface area contributed by atoms with Gasteiger partial charge in [0.25, 0.3) is 0 Å². The van der Waals surface area contributed by atoms with Crippen LogP contribution in [0.4, 0.5) is 5.69 Å². The lowest BCUT2D eigenvalue weighted by atomic mass is 10.1. The highest BCUT2D eigenvalue weighted by Crippen LogP contribution is 2.18. The van der Waals surface area contributed by atoms with Gasteiger partial charge in [0.05, 0.1) is 31.0 Å². The average Bonchev–Trinajstić information content (AvgIpc) is 2.48. The van der Waals surface area contributed by atoms with E-state index in [2.05, 4.69) is 10.3 Å². The first-order valence-electron chi connectivity index (χ1n) is 6.20. The Labute approximate surface area is 121 Å². The number of carbonyl (C=O) groups excluding carboxylic acids is 1. The number of anilines is 1. The number of nitrogens with one attached hydrogen (secondary N) is 1. The summed E-state index contributed by atoms with van der Waals surface area (Å²) < 4.78 is 5.18. The Balaban J connectivity index is 2.08. The first-order valence-corrected chi connectivity index (χ1v) is 6.20. The highest BCUT2D eigenvalue weighted by molar-refractivity contribution is 5.94. The van der Waals surface area contributed by atoms with Gasteiger partial charge in [-0.15, -0.1) is 0 Å². The third kappa shape index (κ3) is 3.79. The van der Waals surface area contributed by atoms with E-state index in [0.29, 0.717) is 11.4 Å². The van der Waals surface area contributed by atoms with Gasteiger partial charge < -0.3 is 15.2 Å². The molecule has 21 heavy (non-hydrogen) atoms. The third-order valence-electron chi connectivity index (χ3n) is 2.81. The molecule has 0 bridgehead atoms. The van der Waals surface area contributed by atoms with Gasteiger partial charge in [0, 0.05) is 11.8 Å². The molecular formula is C15H14N2O4. The number of nitrogens with zero attached hydrogens (tertiary/aromatic N) is 1. The maximum Gasteiger partial charge on any atom is 0.337 e. The predicted octanol–water partition coefficient (Wildman–Crippen LogP) is 1.97. The standard InChI is InChI=1S/C15H14N2O4/c1-21-13-5-3-2-4-10(13)7-14(18)17-12-6-11(15(19)20)8-16-9-12/h2-6,8-9H,7H2,1H3,(H,17,18)(H,19,20). The second-order valence-corrected chi connectivity index (χ2v) is 4.30. The molecule has 1 amide bonds. The number of carbonyl (C=O) groups is 2. The van der Waals surface area contributed by atoms with E-state index in [4.69, 9.17) is 9.84 Å². The van der Waals surface area contributed by atoms with Gasteiger partial charge in [-0.05, 0) is 12.1 Å². The van der Waals surface area contributed by atoms with Gasteiger partial charge in [0.15, 0.2) is 0 Å². The summed E-state index contributed by atoms with van der Waals surface area (Å²) in [6, 6.07) is 8.56. The van der Waals surface area contributed by atoms with E-state index in [1.54, 1.807) is 12.1 Å². The molecule has 1 aromatic heterocycles. The molecule has 108 valence electrons.